The number of benzene rings is 1. The monoisotopic (exact) mass is 281 g/mol. The zero-order valence-corrected chi connectivity index (χ0v) is 11.9. The van der Waals surface area contributed by atoms with E-state index in [-0.39, 0.29) is 17.4 Å². The third-order valence-corrected chi connectivity index (χ3v) is 5.85. The fourth-order valence-electron chi connectivity index (χ4n) is 2.93. The predicted molar refractivity (Wildman–Crippen MR) is 72.8 cm³/mol. The summed E-state index contributed by atoms with van der Waals surface area (Å²) in [6.45, 7) is 3.58. The lowest BCUT2D eigenvalue weighted by Crippen LogP contribution is -2.39. The van der Waals surface area contributed by atoms with E-state index < -0.39 is 9.84 Å². The molecule has 2 unspecified atom stereocenters. The molecule has 4 nitrogen and oxygen atoms in total. The van der Waals surface area contributed by atoms with Gasteiger partial charge in [-0.3, -0.25) is 0 Å². The number of hydrogen-bond donors (Lipinski definition) is 1. The van der Waals surface area contributed by atoms with Crippen molar-refractivity contribution in [3.05, 3.63) is 29.8 Å². The zero-order valence-electron chi connectivity index (χ0n) is 11.1. The van der Waals surface area contributed by atoms with Crippen LogP contribution in [0.25, 0.3) is 0 Å². The van der Waals surface area contributed by atoms with E-state index in [1.54, 1.807) is 12.1 Å². The van der Waals surface area contributed by atoms with Crippen LogP contribution in [-0.4, -0.2) is 32.9 Å². The van der Waals surface area contributed by atoms with Gasteiger partial charge in [-0.25, -0.2) is 8.42 Å². The summed E-state index contributed by atoms with van der Waals surface area (Å²) >= 11 is 0. The van der Waals surface area contributed by atoms with Crippen LogP contribution in [0, 0.1) is 0 Å². The van der Waals surface area contributed by atoms with Crippen LogP contribution < -0.4 is 5.32 Å². The van der Waals surface area contributed by atoms with Crippen molar-refractivity contribution in [2.24, 2.45) is 0 Å². The lowest BCUT2D eigenvalue weighted by atomic mass is 10.0. The highest BCUT2D eigenvalue weighted by atomic mass is 32.2. The van der Waals surface area contributed by atoms with Crippen LogP contribution in [-0.2, 0) is 14.6 Å². The third kappa shape index (κ3) is 2.42. The van der Waals surface area contributed by atoms with Crippen molar-refractivity contribution in [2.75, 3.05) is 18.9 Å². The van der Waals surface area contributed by atoms with Gasteiger partial charge in [-0.15, -0.1) is 0 Å². The summed E-state index contributed by atoms with van der Waals surface area (Å²) in [5.41, 5.74) is 0.741. The molecule has 0 bridgehead atoms. The standard InChI is InChI=1S/C14H19NO3S/c1-14(7-4-8-18-14)10-15-12-9-19(16,17)13-6-3-2-5-11(12)13/h2-3,5-6,12,15H,4,7-10H2,1H3. The minimum Gasteiger partial charge on any atom is -0.374 e. The lowest BCUT2D eigenvalue weighted by molar-refractivity contribution is 0.0192. The van der Waals surface area contributed by atoms with Gasteiger partial charge < -0.3 is 10.1 Å². The van der Waals surface area contributed by atoms with Gasteiger partial charge in [0.25, 0.3) is 0 Å². The van der Waals surface area contributed by atoms with E-state index in [0.717, 1.165) is 25.0 Å². The van der Waals surface area contributed by atoms with Crippen molar-refractivity contribution >= 4 is 9.84 Å². The summed E-state index contributed by atoms with van der Waals surface area (Å²) in [5, 5.41) is 3.37. The Morgan fingerprint density at radius 1 is 1.42 bits per heavy atom. The molecule has 0 amide bonds. The number of hydrogen-bond acceptors (Lipinski definition) is 4. The fraction of sp³-hybridized carbons (Fsp3) is 0.571. The molecule has 2 aliphatic rings. The summed E-state index contributed by atoms with van der Waals surface area (Å²) in [6, 6.07) is 7.15. The molecule has 0 aromatic heterocycles. The highest BCUT2D eigenvalue weighted by Crippen LogP contribution is 2.34. The quantitative estimate of drug-likeness (QED) is 0.916. The van der Waals surface area contributed by atoms with Crippen molar-refractivity contribution in [1.29, 1.82) is 0 Å². The van der Waals surface area contributed by atoms with Crippen LogP contribution in [0.15, 0.2) is 29.2 Å². The number of ether oxygens (including phenoxy) is 1. The molecule has 1 fully saturated rings. The number of fused-ring (bicyclic) bond motifs is 1. The second-order valence-electron chi connectivity index (χ2n) is 5.65. The first kappa shape index (κ1) is 13.1. The smallest absolute Gasteiger partial charge is 0.180 e. The van der Waals surface area contributed by atoms with Crippen molar-refractivity contribution in [2.45, 2.75) is 36.3 Å². The molecular formula is C14H19NO3S. The van der Waals surface area contributed by atoms with Gasteiger partial charge in [-0.05, 0) is 31.4 Å². The maximum Gasteiger partial charge on any atom is 0.180 e. The zero-order chi connectivity index (χ0) is 13.5. The SMILES string of the molecule is CC1(CNC2CS(=O)(=O)c3ccccc32)CCCO1. The molecule has 0 saturated carbocycles. The van der Waals surface area contributed by atoms with Crippen LogP contribution in [0.5, 0.6) is 0 Å². The molecule has 1 saturated heterocycles. The summed E-state index contributed by atoms with van der Waals surface area (Å²) in [6.07, 6.45) is 2.11. The largest absolute Gasteiger partial charge is 0.374 e. The van der Waals surface area contributed by atoms with E-state index in [2.05, 4.69) is 12.2 Å². The molecule has 0 spiro atoms. The molecule has 2 atom stereocenters. The van der Waals surface area contributed by atoms with Crippen molar-refractivity contribution in [1.82, 2.24) is 5.32 Å². The van der Waals surface area contributed by atoms with E-state index >= 15 is 0 Å². The van der Waals surface area contributed by atoms with Gasteiger partial charge in [0.2, 0.25) is 0 Å². The molecule has 1 N–H and O–H groups in total. The van der Waals surface area contributed by atoms with Crippen LogP contribution >= 0.6 is 0 Å². The predicted octanol–water partition coefficient (Wildman–Crippen LogP) is 1.67. The fourth-order valence-corrected chi connectivity index (χ4v) is 4.71. The van der Waals surface area contributed by atoms with Crippen LogP contribution in [0.4, 0.5) is 0 Å². The van der Waals surface area contributed by atoms with E-state index in [0.29, 0.717) is 11.4 Å². The van der Waals surface area contributed by atoms with Gasteiger partial charge in [0.1, 0.15) is 0 Å². The maximum absolute atomic E-state index is 12.1. The van der Waals surface area contributed by atoms with Crippen LogP contribution in [0.2, 0.25) is 0 Å². The Labute approximate surface area is 114 Å². The number of nitrogens with one attached hydrogen (secondary N) is 1. The first-order valence-corrected chi connectivity index (χ1v) is 8.34. The second kappa shape index (κ2) is 4.58. The van der Waals surface area contributed by atoms with Crippen LogP contribution in [0.1, 0.15) is 31.4 Å². The van der Waals surface area contributed by atoms with Crippen LogP contribution in [0.3, 0.4) is 0 Å². The van der Waals surface area contributed by atoms with E-state index in [9.17, 15) is 8.42 Å². The first-order chi connectivity index (χ1) is 9.00. The van der Waals surface area contributed by atoms with Gasteiger partial charge in [-0.2, -0.15) is 0 Å². The first-order valence-electron chi connectivity index (χ1n) is 6.69. The Kier molecular flexibility index (Phi) is 3.15. The molecular weight excluding hydrogens is 262 g/mol. The average Bonchev–Trinajstić information content (AvgIpc) is 2.91. The van der Waals surface area contributed by atoms with Crippen molar-refractivity contribution in [3.8, 4) is 0 Å². The third-order valence-electron chi connectivity index (χ3n) is 4.04. The summed E-state index contributed by atoms with van der Waals surface area (Å²) < 4.78 is 29.9. The second-order valence-corrected chi connectivity index (χ2v) is 7.66. The molecule has 3 rings (SSSR count). The van der Waals surface area contributed by atoms with E-state index in [1.807, 2.05) is 12.1 Å². The van der Waals surface area contributed by atoms with Gasteiger partial charge in [0, 0.05) is 19.2 Å². The Hall–Kier alpha value is -0.910. The normalized spacial score (nSPS) is 32.4. The Morgan fingerprint density at radius 3 is 2.95 bits per heavy atom. The molecule has 2 aliphatic heterocycles. The number of rotatable bonds is 3. The minimum absolute atomic E-state index is 0.109. The Morgan fingerprint density at radius 2 is 2.21 bits per heavy atom. The van der Waals surface area contributed by atoms with Gasteiger partial charge in [0.15, 0.2) is 9.84 Å². The highest BCUT2D eigenvalue weighted by molar-refractivity contribution is 7.91. The molecule has 0 aliphatic carbocycles. The Bertz CT molecular complexity index is 576. The van der Waals surface area contributed by atoms with E-state index in [4.69, 9.17) is 4.74 Å². The average molecular weight is 281 g/mol. The van der Waals surface area contributed by atoms with E-state index in [1.165, 1.54) is 0 Å². The number of sulfone groups is 1. The van der Waals surface area contributed by atoms with Gasteiger partial charge in [0.05, 0.1) is 16.2 Å². The topological polar surface area (TPSA) is 55.4 Å². The summed E-state index contributed by atoms with van der Waals surface area (Å²) in [5.74, 6) is 0.155. The van der Waals surface area contributed by atoms with Gasteiger partial charge in [-0.1, -0.05) is 18.2 Å². The molecule has 1 aromatic carbocycles. The van der Waals surface area contributed by atoms with Crippen molar-refractivity contribution < 1.29 is 13.2 Å². The molecule has 19 heavy (non-hydrogen) atoms. The molecule has 1 aromatic rings. The molecule has 104 valence electrons. The molecule has 2 heterocycles. The minimum atomic E-state index is -3.12. The Balaban J connectivity index is 1.77. The molecule has 5 heteroatoms. The highest BCUT2D eigenvalue weighted by Gasteiger charge is 2.36. The lowest BCUT2D eigenvalue weighted by Gasteiger charge is -2.25. The maximum atomic E-state index is 12.1. The molecule has 0 radical (unpaired) electrons. The van der Waals surface area contributed by atoms with Crippen molar-refractivity contribution in [3.63, 3.8) is 0 Å². The summed E-state index contributed by atoms with van der Waals surface area (Å²) in [4.78, 5) is 0.477. The summed E-state index contributed by atoms with van der Waals surface area (Å²) in [7, 11) is -3.12. The van der Waals surface area contributed by atoms with Gasteiger partial charge >= 0.3 is 0 Å².